The molecule has 5 heteroatoms. The minimum absolute atomic E-state index is 0.137. The van der Waals surface area contributed by atoms with Crippen LogP contribution in [-0.2, 0) is 0 Å². The largest absolute Gasteiger partial charge is 0.496 e. The first kappa shape index (κ1) is 11.5. The van der Waals surface area contributed by atoms with Crippen LogP contribution in [0.4, 0.5) is 0 Å². The van der Waals surface area contributed by atoms with Crippen LogP contribution < -0.4 is 15.9 Å². The standard InChI is InChI=1S/C10H13N3OS/c1-7-3-4-9(14-2)8(5-7)6-12-13-10(11)15/h3-6H,1-2H3,(H3,11,13,15)/b12-6+. The van der Waals surface area contributed by atoms with Gasteiger partial charge in [-0.1, -0.05) is 11.6 Å². The zero-order valence-electron chi connectivity index (χ0n) is 8.65. The van der Waals surface area contributed by atoms with Crippen molar-refractivity contribution >= 4 is 23.5 Å². The third-order valence-corrected chi connectivity index (χ3v) is 1.85. The Morgan fingerprint density at radius 1 is 1.60 bits per heavy atom. The fourth-order valence-electron chi connectivity index (χ4n) is 1.12. The highest BCUT2D eigenvalue weighted by Gasteiger charge is 1.99. The van der Waals surface area contributed by atoms with Crippen LogP contribution in [0.25, 0.3) is 0 Å². The molecule has 0 atom stereocenters. The molecule has 1 aromatic rings. The topological polar surface area (TPSA) is 59.6 Å². The Bertz CT molecular complexity index is 390. The monoisotopic (exact) mass is 223 g/mol. The Kier molecular flexibility index (Phi) is 4.05. The fraction of sp³-hybridized carbons (Fsp3) is 0.200. The molecule has 0 aromatic heterocycles. The number of nitrogens with zero attached hydrogens (tertiary/aromatic N) is 1. The number of methoxy groups -OCH3 is 1. The van der Waals surface area contributed by atoms with E-state index in [1.54, 1.807) is 13.3 Å². The summed E-state index contributed by atoms with van der Waals surface area (Å²) in [5.41, 5.74) is 9.73. The van der Waals surface area contributed by atoms with Gasteiger partial charge in [0.2, 0.25) is 0 Å². The van der Waals surface area contributed by atoms with Gasteiger partial charge < -0.3 is 10.5 Å². The Balaban J connectivity index is 2.87. The molecule has 0 aliphatic heterocycles. The second kappa shape index (κ2) is 5.31. The summed E-state index contributed by atoms with van der Waals surface area (Å²) in [5.74, 6) is 0.758. The highest BCUT2D eigenvalue weighted by atomic mass is 32.1. The van der Waals surface area contributed by atoms with E-state index in [0.717, 1.165) is 16.9 Å². The third kappa shape index (κ3) is 3.55. The van der Waals surface area contributed by atoms with Gasteiger partial charge in [0.05, 0.1) is 13.3 Å². The zero-order chi connectivity index (χ0) is 11.3. The van der Waals surface area contributed by atoms with E-state index in [2.05, 4.69) is 22.7 Å². The molecule has 0 radical (unpaired) electrons. The minimum atomic E-state index is 0.137. The fourth-order valence-corrected chi connectivity index (χ4v) is 1.17. The Morgan fingerprint density at radius 2 is 2.33 bits per heavy atom. The molecule has 15 heavy (non-hydrogen) atoms. The van der Waals surface area contributed by atoms with Gasteiger partial charge in [-0.25, -0.2) is 0 Å². The van der Waals surface area contributed by atoms with Gasteiger partial charge in [0, 0.05) is 5.56 Å². The van der Waals surface area contributed by atoms with Crippen LogP contribution in [-0.4, -0.2) is 18.4 Å². The summed E-state index contributed by atoms with van der Waals surface area (Å²) in [6.07, 6.45) is 1.62. The number of aryl methyl sites for hydroxylation is 1. The molecule has 0 aliphatic carbocycles. The van der Waals surface area contributed by atoms with Crippen molar-refractivity contribution in [2.45, 2.75) is 6.92 Å². The average Bonchev–Trinajstić information content (AvgIpc) is 2.17. The average molecular weight is 223 g/mol. The van der Waals surface area contributed by atoms with Gasteiger partial charge in [-0.05, 0) is 31.3 Å². The molecule has 0 aliphatic rings. The van der Waals surface area contributed by atoms with E-state index >= 15 is 0 Å². The van der Waals surface area contributed by atoms with Gasteiger partial charge in [-0.3, -0.25) is 5.43 Å². The summed E-state index contributed by atoms with van der Waals surface area (Å²) in [6, 6.07) is 5.82. The quantitative estimate of drug-likeness (QED) is 0.459. The third-order valence-electron chi connectivity index (χ3n) is 1.76. The number of hydrogen-bond donors (Lipinski definition) is 2. The summed E-state index contributed by atoms with van der Waals surface area (Å²) in [7, 11) is 1.61. The van der Waals surface area contributed by atoms with Crippen LogP contribution >= 0.6 is 12.2 Å². The van der Waals surface area contributed by atoms with E-state index in [-0.39, 0.29) is 5.11 Å². The first-order valence-electron chi connectivity index (χ1n) is 4.36. The first-order chi connectivity index (χ1) is 7.13. The summed E-state index contributed by atoms with van der Waals surface area (Å²) in [5, 5.41) is 4.01. The minimum Gasteiger partial charge on any atom is -0.496 e. The Labute approximate surface area is 94.1 Å². The molecule has 0 saturated heterocycles. The van der Waals surface area contributed by atoms with Crippen molar-refractivity contribution in [1.29, 1.82) is 0 Å². The Morgan fingerprint density at radius 3 is 2.93 bits per heavy atom. The molecule has 3 N–H and O–H groups in total. The lowest BCUT2D eigenvalue weighted by Gasteiger charge is -2.04. The maximum atomic E-state index is 5.23. The van der Waals surface area contributed by atoms with Crippen molar-refractivity contribution in [2.24, 2.45) is 10.8 Å². The molecule has 80 valence electrons. The number of hydrogen-bond acceptors (Lipinski definition) is 3. The van der Waals surface area contributed by atoms with Crippen molar-refractivity contribution in [3.63, 3.8) is 0 Å². The molecule has 0 fully saturated rings. The van der Waals surface area contributed by atoms with Crippen LogP contribution in [0.2, 0.25) is 0 Å². The molecule has 0 bridgehead atoms. The van der Waals surface area contributed by atoms with E-state index in [9.17, 15) is 0 Å². The van der Waals surface area contributed by atoms with Crippen LogP contribution in [0.3, 0.4) is 0 Å². The van der Waals surface area contributed by atoms with E-state index in [0.29, 0.717) is 0 Å². The van der Waals surface area contributed by atoms with Gasteiger partial charge in [-0.15, -0.1) is 0 Å². The molecule has 0 amide bonds. The molecule has 0 saturated carbocycles. The van der Waals surface area contributed by atoms with E-state index < -0.39 is 0 Å². The van der Waals surface area contributed by atoms with Crippen molar-refractivity contribution in [1.82, 2.24) is 5.43 Å². The van der Waals surface area contributed by atoms with Crippen LogP contribution in [0.1, 0.15) is 11.1 Å². The van der Waals surface area contributed by atoms with Gasteiger partial charge in [-0.2, -0.15) is 5.10 Å². The van der Waals surface area contributed by atoms with Gasteiger partial charge in [0.15, 0.2) is 5.11 Å². The molecular weight excluding hydrogens is 210 g/mol. The number of nitrogens with two attached hydrogens (primary N) is 1. The lowest BCUT2D eigenvalue weighted by molar-refractivity contribution is 0.414. The molecule has 0 heterocycles. The van der Waals surface area contributed by atoms with Crippen LogP contribution in [0.15, 0.2) is 23.3 Å². The van der Waals surface area contributed by atoms with Crippen LogP contribution in [0, 0.1) is 6.92 Å². The van der Waals surface area contributed by atoms with E-state index in [4.69, 9.17) is 10.5 Å². The van der Waals surface area contributed by atoms with E-state index in [1.807, 2.05) is 25.1 Å². The summed E-state index contributed by atoms with van der Waals surface area (Å²) >= 11 is 4.62. The summed E-state index contributed by atoms with van der Waals surface area (Å²) in [6.45, 7) is 2.00. The molecule has 4 nitrogen and oxygen atoms in total. The molecule has 0 spiro atoms. The lowest BCUT2D eigenvalue weighted by atomic mass is 10.1. The van der Waals surface area contributed by atoms with Crippen molar-refractivity contribution < 1.29 is 4.74 Å². The van der Waals surface area contributed by atoms with Crippen molar-refractivity contribution in [3.8, 4) is 5.75 Å². The smallest absolute Gasteiger partial charge is 0.184 e. The zero-order valence-corrected chi connectivity index (χ0v) is 9.47. The summed E-state index contributed by atoms with van der Waals surface area (Å²) < 4.78 is 5.17. The Hall–Kier alpha value is -1.62. The maximum absolute atomic E-state index is 5.23. The first-order valence-corrected chi connectivity index (χ1v) is 4.77. The number of ether oxygens (including phenoxy) is 1. The van der Waals surface area contributed by atoms with E-state index in [1.165, 1.54) is 0 Å². The maximum Gasteiger partial charge on any atom is 0.184 e. The molecular formula is C10H13N3OS. The summed E-state index contributed by atoms with van der Waals surface area (Å²) in [4.78, 5) is 0. The number of nitrogens with one attached hydrogen (secondary N) is 1. The number of rotatable bonds is 3. The van der Waals surface area contributed by atoms with Crippen molar-refractivity contribution in [3.05, 3.63) is 29.3 Å². The van der Waals surface area contributed by atoms with Crippen LogP contribution in [0.5, 0.6) is 5.75 Å². The lowest BCUT2D eigenvalue weighted by Crippen LogP contribution is -2.24. The predicted octanol–water partition coefficient (Wildman–Crippen LogP) is 1.17. The molecule has 1 aromatic carbocycles. The van der Waals surface area contributed by atoms with Gasteiger partial charge in [0.1, 0.15) is 5.75 Å². The van der Waals surface area contributed by atoms with Crippen molar-refractivity contribution in [2.75, 3.05) is 7.11 Å². The predicted molar refractivity (Wildman–Crippen MR) is 65.2 cm³/mol. The molecule has 0 unspecified atom stereocenters. The van der Waals surface area contributed by atoms with Gasteiger partial charge in [0.25, 0.3) is 0 Å². The number of thiocarbonyl (C=S) groups is 1. The SMILES string of the molecule is COc1ccc(C)cc1/C=N/NC(N)=S. The van der Waals surface area contributed by atoms with Gasteiger partial charge >= 0.3 is 0 Å². The number of hydrazone groups is 1. The highest BCUT2D eigenvalue weighted by molar-refractivity contribution is 7.80. The normalized spacial score (nSPS) is 10.3. The second-order valence-corrected chi connectivity index (χ2v) is 3.42. The second-order valence-electron chi connectivity index (χ2n) is 2.98. The molecule has 1 rings (SSSR count). The highest BCUT2D eigenvalue weighted by Crippen LogP contribution is 2.17. The number of benzene rings is 1.